The first-order valence-corrected chi connectivity index (χ1v) is 36.1. The van der Waals surface area contributed by atoms with Crippen LogP contribution in [0.5, 0.6) is 0 Å². The first kappa shape index (κ1) is 78.7. The largest absolute Gasteiger partial charge is 0.397 e. The van der Waals surface area contributed by atoms with Crippen molar-refractivity contribution in [2.24, 2.45) is 0 Å². The average Bonchev–Trinajstić information content (AvgIpc) is 1.73. The van der Waals surface area contributed by atoms with Crippen molar-refractivity contribution in [1.82, 2.24) is 0 Å². The van der Waals surface area contributed by atoms with Crippen LogP contribution in [0.2, 0.25) is 0 Å². The lowest BCUT2D eigenvalue weighted by molar-refractivity contribution is -0.381. The zero-order chi connectivity index (χ0) is 73.0. The van der Waals surface area contributed by atoms with Crippen LogP contribution in [0.3, 0.4) is 0 Å². The van der Waals surface area contributed by atoms with Gasteiger partial charge in [0.1, 0.15) is 195 Å². The van der Waals surface area contributed by atoms with E-state index in [0.717, 1.165) is 0 Å². The lowest BCUT2D eigenvalue weighted by atomic mass is 9.96. The molecule has 0 amide bonds. The van der Waals surface area contributed by atoms with E-state index < -0.39 is 333 Å². The molecular formula is C48H74O49S4. The van der Waals surface area contributed by atoms with Gasteiger partial charge in [0.2, 0.25) is 0 Å². The topological polar surface area (TPSA) is 713 Å². The van der Waals surface area contributed by atoms with Gasteiger partial charge in [-0.1, -0.05) is 0 Å². The zero-order valence-corrected chi connectivity index (χ0v) is 54.4. The molecule has 0 aromatic heterocycles. The lowest BCUT2D eigenvalue weighted by Crippen LogP contribution is -2.67. The van der Waals surface area contributed by atoms with Crippen molar-refractivity contribution in [2.45, 2.75) is 246 Å². The van der Waals surface area contributed by atoms with Crippen molar-refractivity contribution in [1.29, 1.82) is 0 Å². The summed E-state index contributed by atoms with van der Waals surface area (Å²) < 4.78 is 264. The normalized spacial score (nSPS) is 51.0. The molecule has 0 saturated carbocycles. The Morgan fingerprint density at radius 1 is 0.257 bits per heavy atom. The highest BCUT2D eigenvalue weighted by Crippen LogP contribution is 2.44. The average molecular weight is 1560 g/mol. The quantitative estimate of drug-likeness (QED) is 0.0358. The molecule has 8 bridgehead atoms. The van der Waals surface area contributed by atoms with Crippen LogP contribution in [0.1, 0.15) is 0 Å². The third-order valence-electron chi connectivity index (χ3n) is 18.5. The Morgan fingerprint density at radius 3 is 0.772 bits per heavy atom. The van der Waals surface area contributed by atoms with Gasteiger partial charge in [0, 0.05) is 0 Å². The molecule has 40 atom stereocenters. The minimum absolute atomic E-state index is 0.227. The Labute approximate surface area is 568 Å². The van der Waals surface area contributed by atoms with Crippen LogP contribution in [-0.4, -0.2) is 422 Å². The van der Waals surface area contributed by atoms with Gasteiger partial charge in [-0.15, -0.1) is 0 Å². The van der Waals surface area contributed by atoms with Crippen LogP contribution in [0.4, 0.5) is 0 Å². The summed E-state index contributed by atoms with van der Waals surface area (Å²) in [6, 6.07) is 0. The van der Waals surface area contributed by atoms with Gasteiger partial charge in [0.15, 0.2) is 50.3 Å². The van der Waals surface area contributed by atoms with Crippen molar-refractivity contribution >= 4 is 41.6 Å². The molecule has 0 aromatic carbocycles. The first-order valence-electron chi connectivity index (χ1n) is 30.6. The maximum Gasteiger partial charge on any atom is 0.397 e. The fourth-order valence-electron chi connectivity index (χ4n) is 13.9. The minimum Gasteiger partial charge on any atom is -0.394 e. The third-order valence-corrected chi connectivity index (χ3v) is 20.3. The van der Waals surface area contributed by atoms with Crippen molar-refractivity contribution < 1.29 is 230 Å². The number of hydrogen-bond donors (Lipinski definition) is 18. The Kier molecular flexibility index (Phi) is 24.1. The van der Waals surface area contributed by atoms with Gasteiger partial charge >= 0.3 is 41.6 Å². The van der Waals surface area contributed by atoms with Crippen LogP contribution in [0, 0.1) is 0 Å². The van der Waals surface area contributed by atoms with Gasteiger partial charge in [-0.25, -0.2) is 16.7 Å². The predicted octanol–water partition coefficient (Wildman–Crippen LogP) is -15.0. The summed E-state index contributed by atoms with van der Waals surface area (Å²) in [4.78, 5) is 0. The SMILES string of the molecule is O=S(=O)(O)O[C@@H]1[C@@H](O[C@H]2O[C@H]3CO[C@@H]([C@@H]2O)[C@H]3O[C@H]2O[C@H](CO)[C@H](OS(=O)(=O)O)[C@@H](O[C@H]3O[C@H]4CO[C@@H]([C@@H]3O)[C@H]4O[C@H]3O[C@H](CO)[C@H](OS(=O)(=O)O)[C@@H](O[C@@H]4O[C@H]5CO[C@H]([C@H]4O)[C@@H]5O[C@H]4O[C@@H](CO)[C@@H](OS(=O)(=O)O)[C@@H](O[C@@H]5O[C@H]6CO[C@H]([C@H]5O)[C@@H]6O)[C@H]4O)C3O)[C@@H]2O)[C@H](O)C(O)O[C@@H]1CO. The molecule has 0 radical (unpaired) electrons. The molecular weight excluding hydrogens is 1490 g/mol. The van der Waals surface area contributed by atoms with Crippen molar-refractivity contribution in [3.8, 4) is 0 Å². The van der Waals surface area contributed by atoms with Crippen LogP contribution >= 0.6 is 0 Å². The molecule has 584 valence electrons. The monoisotopic (exact) mass is 1560 g/mol. The maximum absolute atomic E-state index is 12.3. The van der Waals surface area contributed by atoms with Crippen molar-refractivity contribution in [3.05, 3.63) is 0 Å². The fraction of sp³-hybridized carbons (Fsp3) is 1.00. The van der Waals surface area contributed by atoms with Gasteiger partial charge < -0.3 is 161 Å². The summed E-state index contributed by atoms with van der Waals surface area (Å²) in [6.45, 7) is -6.37. The van der Waals surface area contributed by atoms with Gasteiger partial charge in [0.05, 0.1) is 52.9 Å². The van der Waals surface area contributed by atoms with Crippen LogP contribution in [0.15, 0.2) is 0 Å². The third kappa shape index (κ3) is 16.6. The summed E-state index contributed by atoms with van der Waals surface area (Å²) in [5.41, 5.74) is 0. The number of ether oxygens (including phenoxy) is 19. The molecule has 0 spiro atoms. The second-order valence-electron chi connectivity index (χ2n) is 24.9. The number of hydrogen-bond acceptors (Lipinski definition) is 45. The lowest BCUT2D eigenvalue weighted by Gasteiger charge is -2.49. The van der Waals surface area contributed by atoms with Gasteiger partial charge in [-0.3, -0.25) is 18.2 Å². The van der Waals surface area contributed by atoms with Gasteiger partial charge in [-0.05, 0) is 0 Å². The molecule has 53 heteroatoms. The Hall–Kier alpha value is -1.84. The summed E-state index contributed by atoms with van der Waals surface area (Å²) in [7, 11) is -22.0. The smallest absolute Gasteiger partial charge is 0.394 e. The molecule has 12 saturated heterocycles. The Morgan fingerprint density at radius 2 is 0.485 bits per heavy atom. The van der Waals surface area contributed by atoms with E-state index in [2.05, 4.69) is 4.18 Å². The number of aliphatic hydroxyl groups is 14. The van der Waals surface area contributed by atoms with Crippen LogP contribution < -0.4 is 0 Å². The molecule has 12 aliphatic heterocycles. The van der Waals surface area contributed by atoms with E-state index >= 15 is 0 Å². The van der Waals surface area contributed by atoms with Crippen LogP contribution in [0.25, 0.3) is 0 Å². The highest BCUT2D eigenvalue weighted by atomic mass is 32.3. The van der Waals surface area contributed by atoms with E-state index in [0.29, 0.717) is 0 Å². The van der Waals surface area contributed by atoms with E-state index in [1.54, 1.807) is 0 Å². The minimum atomic E-state index is -5.59. The maximum atomic E-state index is 12.3. The first-order chi connectivity index (χ1) is 47.5. The summed E-state index contributed by atoms with van der Waals surface area (Å²) in [5, 5.41) is 154. The van der Waals surface area contributed by atoms with Crippen molar-refractivity contribution in [3.63, 3.8) is 0 Å². The molecule has 0 aromatic rings. The van der Waals surface area contributed by atoms with E-state index in [1.165, 1.54) is 0 Å². The molecule has 12 heterocycles. The molecule has 12 aliphatic rings. The molecule has 18 N–H and O–H groups in total. The van der Waals surface area contributed by atoms with Crippen LogP contribution in [-0.2, 0) is 148 Å². The molecule has 12 fully saturated rings. The van der Waals surface area contributed by atoms with E-state index in [4.69, 9.17) is 103 Å². The number of aliphatic hydroxyl groups excluding tert-OH is 14. The molecule has 0 aliphatic carbocycles. The van der Waals surface area contributed by atoms with E-state index in [9.17, 15) is 123 Å². The molecule has 49 nitrogen and oxygen atoms in total. The van der Waals surface area contributed by atoms with E-state index in [-0.39, 0.29) is 6.61 Å². The highest BCUT2D eigenvalue weighted by molar-refractivity contribution is 7.81. The summed E-state index contributed by atoms with van der Waals surface area (Å²) >= 11 is 0. The van der Waals surface area contributed by atoms with E-state index in [1.807, 2.05) is 0 Å². The fourth-order valence-corrected chi connectivity index (χ4v) is 16.0. The molecule has 101 heavy (non-hydrogen) atoms. The molecule has 12 rings (SSSR count). The highest BCUT2D eigenvalue weighted by Gasteiger charge is 2.64. The number of fused-ring (bicyclic) bond motifs is 8. The second kappa shape index (κ2) is 30.9. The summed E-state index contributed by atoms with van der Waals surface area (Å²) in [6.07, 6.45) is -76.2. The standard InChI is InChI=1S/C48H74O49S4/c49-1-9-29(94-98(63,64)65)37(18(54)41(62)79-9)90-43-20(56)34-26(14(84-43)6-76-34)87-47-24(60)39(31(11(3-51)81-47)96-100(69,70)71)92-45-22(58)36-28(16(86-45)8-78-36)89-48-25(61)40(32(12(4-52)82-48)97-101(72,73)74)93-44-21(57)35-27(15(85-44)7-77-35)88-46-23(59)38(30(10(2-50)80-46)95-99(66,67)68)91-42-19(55)33-17(53)13(83-42)5-75-33/h9-62H,1-8H2,(H,63,64,65)(H,66,67,68)(H,69,70,71)(H,72,73,74)/t9-,10+,11-,12-,13+,14+,15+,16+,17-,18+,19-,20+,21-,22+,23-,24+,25?,26+,27-,28+,29+,30-,31+,32+,33+,34+,35-,36+,37+,38+,39+,40+,41?,42+,43-,44+,45-,46-,47-,48-/m1/s1. The van der Waals surface area contributed by atoms with Gasteiger partial charge in [0.25, 0.3) is 0 Å². The summed E-state index contributed by atoms with van der Waals surface area (Å²) in [5.74, 6) is 0. The van der Waals surface area contributed by atoms with Crippen molar-refractivity contribution in [2.75, 3.05) is 52.9 Å². The Bertz CT molecular complexity index is 3280. The zero-order valence-electron chi connectivity index (χ0n) is 51.1. The Balaban J connectivity index is 0.717. The number of rotatable bonds is 26. The predicted molar refractivity (Wildman–Crippen MR) is 293 cm³/mol. The van der Waals surface area contributed by atoms with Gasteiger partial charge in [-0.2, -0.15) is 33.7 Å². The second-order valence-corrected chi connectivity index (χ2v) is 29.1. The molecule has 2 unspecified atom stereocenters.